The molecule has 0 fully saturated rings. The van der Waals surface area contributed by atoms with Gasteiger partial charge in [0.2, 0.25) is 6.79 Å². The number of fused-ring (bicyclic) bond motifs is 1. The van der Waals surface area contributed by atoms with Gasteiger partial charge in [0.15, 0.2) is 11.5 Å². The van der Waals surface area contributed by atoms with Gasteiger partial charge in [-0.15, -0.1) is 12.6 Å². The average Bonchev–Trinajstić information content (AvgIpc) is 2.33. The first-order chi connectivity index (χ1) is 4.86. The molecule has 0 aliphatic carbocycles. The molecule has 0 N–H and O–H groups in total. The molecule has 0 unspecified atom stereocenters. The largest absolute Gasteiger partial charge is 0.454 e. The maximum atomic E-state index is 5.11. The number of thiol groups is 1. The highest BCUT2D eigenvalue weighted by Gasteiger charge is 2.11. The SMILES string of the molecule is Sc1ccc2c(c1)OCO2. The van der Waals surface area contributed by atoms with Crippen LogP contribution in [0.3, 0.4) is 0 Å². The molecule has 0 spiro atoms. The summed E-state index contributed by atoms with van der Waals surface area (Å²) < 4.78 is 10.2. The van der Waals surface area contributed by atoms with Gasteiger partial charge in [-0.05, 0) is 18.2 Å². The maximum Gasteiger partial charge on any atom is 0.231 e. The fraction of sp³-hybridized carbons (Fsp3) is 0.143. The molecule has 52 valence electrons. The highest BCUT2D eigenvalue weighted by molar-refractivity contribution is 7.80. The van der Waals surface area contributed by atoms with Crippen LogP contribution >= 0.6 is 12.6 Å². The van der Waals surface area contributed by atoms with Crippen molar-refractivity contribution < 1.29 is 9.47 Å². The minimum absolute atomic E-state index is 0.326. The van der Waals surface area contributed by atoms with E-state index in [0.717, 1.165) is 16.4 Å². The first kappa shape index (κ1) is 5.92. The zero-order valence-corrected chi connectivity index (χ0v) is 6.10. The first-order valence-electron chi connectivity index (χ1n) is 2.95. The van der Waals surface area contributed by atoms with Crippen LogP contribution in [0.1, 0.15) is 0 Å². The van der Waals surface area contributed by atoms with Crippen molar-refractivity contribution in [2.24, 2.45) is 0 Å². The van der Waals surface area contributed by atoms with Gasteiger partial charge in [-0.25, -0.2) is 0 Å². The zero-order chi connectivity index (χ0) is 6.97. The highest BCUT2D eigenvalue weighted by atomic mass is 32.1. The third kappa shape index (κ3) is 0.827. The third-order valence-corrected chi connectivity index (χ3v) is 1.63. The van der Waals surface area contributed by atoms with Crippen molar-refractivity contribution in [1.82, 2.24) is 0 Å². The van der Waals surface area contributed by atoms with E-state index in [-0.39, 0.29) is 0 Å². The van der Waals surface area contributed by atoms with Crippen LogP contribution < -0.4 is 9.47 Å². The summed E-state index contributed by atoms with van der Waals surface area (Å²) in [4.78, 5) is 0.893. The van der Waals surface area contributed by atoms with Crippen LogP contribution in [0, 0.1) is 0 Å². The first-order valence-corrected chi connectivity index (χ1v) is 3.39. The van der Waals surface area contributed by atoms with Gasteiger partial charge >= 0.3 is 0 Å². The topological polar surface area (TPSA) is 18.5 Å². The quantitative estimate of drug-likeness (QED) is 0.573. The van der Waals surface area contributed by atoms with Gasteiger partial charge in [0.05, 0.1) is 0 Å². The molecular weight excluding hydrogens is 148 g/mol. The Morgan fingerprint density at radius 2 is 2.00 bits per heavy atom. The molecule has 1 aromatic carbocycles. The van der Waals surface area contributed by atoms with Gasteiger partial charge in [0.25, 0.3) is 0 Å². The van der Waals surface area contributed by atoms with Crippen molar-refractivity contribution in [3.8, 4) is 11.5 Å². The van der Waals surface area contributed by atoms with Gasteiger partial charge in [0, 0.05) is 4.90 Å². The minimum Gasteiger partial charge on any atom is -0.454 e. The lowest BCUT2D eigenvalue weighted by molar-refractivity contribution is 0.174. The van der Waals surface area contributed by atoms with Crippen LogP contribution in [0.4, 0.5) is 0 Å². The molecule has 1 aliphatic heterocycles. The van der Waals surface area contributed by atoms with E-state index in [1.165, 1.54) is 0 Å². The van der Waals surface area contributed by atoms with Gasteiger partial charge in [-0.1, -0.05) is 0 Å². The summed E-state index contributed by atoms with van der Waals surface area (Å²) in [6, 6.07) is 5.56. The summed E-state index contributed by atoms with van der Waals surface area (Å²) in [6.45, 7) is 0.326. The van der Waals surface area contributed by atoms with Crippen molar-refractivity contribution in [3.05, 3.63) is 18.2 Å². The highest BCUT2D eigenvalue weighted by Crippen LogP contribution is 2.33. The maximum absolute atomic E-state index is 5.11. The number of ether oxygens (including phenoxy) is 2. The lowest BCUT2D eigenvalue weighted by Crippen LogP contribution is -1.92. The second-order valence-electron chi connectivity index (χ2n) is 2.04. The Balaban J connectivity index is 2.52. The number of hydrogen-bond acceptors (Lipinski definition) is 3. The van der Waals surface area contributed by atoms with Crippen LogP contribution in [0.2, 0.25) is 0 Å². The van der Waals surface area contributed by atoms with E-state index < -0.39 is 0 Å². The monoisotopic (exact) mass is 154 g/mol. The van der Waals surface area contributed by atoms with Crippen molar-refractivity contribution in [3.63, 3.8) is 0 Å². The summed E-state index contributed by atoms with van der Waals surface area (Å²) in [5.74, 6) is 1.59. The summed E-state index contributed by atoms with van der Waals surface area (Å²) in [5.41, 5.74) is 0. The molecule has 2 rings (SSSR count). The van der Waals surface area contributed by atoms with Crippen molar-refractivity contribution in [2.45, 2.75) is 4.90 Å². The second-order valence-corrected chi connectivity index (χ2v) is 2.55. The standard InChI is InChI=1S/C7H6O2S/c10-5-1-2-6-7(3-5)9-4-8-6/h1-3,10H,4H2. The summed E-state index contributed by atoms with van der Waals surface area (Å²) in [6.07, 6.45) is 0. The molecule has 0 aromatic heterocycles. The molecule has 0 atom stereocenters. The van der Waals surface area contributed by atoms with E-state index in [9.17, 15) is 0 Å². The predicted octanol–water partition coefficient (Wildman–Crippen LogP) is 1.70. The number of hydrogen-bond donors (Lipinski definition) is 1. The molecule has 0 bridgehead atoms. The van der Waals surface area contributed by atoms with Gasteiger partial charge in [0.1, 0.15) is 0 Å². The van der Waals surface area contributed by atoms with Crippen LogP contribution in [-0.4, -0.2) is 6.79 Å². The van der Waals surface area contributed by atoms with E-state index in [2.05, 4.69) is 12.6 Å². The fourth-order valence-electron chi connectivity index (χ4n) is 0.885. The molecule has 1 heterocycles. The van der Waals surface area contributed by atoms with Gasteiger partial charge < -0.3 is 9.47 Å². The van der Waals surface area contributed by atoms with Crippen molar-refractivity contribution in [1.29, 1.82) is 0 Å². The molecule has 0 amide bonds. The van der Waals surface area contributed by atoms with E-state index in [1.807, 2.05) is 18.2 Å². The second kappa shape index (κ2) is 2.09. The Labute approximate surface area is 64.2 Å². The molecule has 2 nitrogen and oxygen atoms in total. The minimum atomic E-state index is 0.326. The predicted molar refractivity (Wildman–Crippen MR) is 39.8 cm³/mol. The lowest BCUT2D eigenvalue weighted by Gasteiger charge is -1.94. The summed E-state index contributed by atoms with van der Waals surface area (Å²) in [5, 5.41) is 0. The Morgan fingerprint density at radius 3 is 2.90 bits per heavy atom. The van der Waals surface area contributed by atoms with Gasteiger partial charge in [-0.3, -0.25) is 0 Å². The smallest absolute Gasteiger partial charge is 0.231 e. The van der Waals surface area contributed by atoms with Gasteiger partial charge in [-0.2, -0.15) is 0 Å². The molecular formula is C7H6O2S. The van der Waals surface area contributed by atoms with Crippen molar-refractivity contribution >= 4 is 12.6 Å². The average molecular weight is 154 g/mol. The van der Waals surface area contributed by atoms with E-state index in [1.54, 1.807) is 0 Å². The Bertz CT molecular complexity index is 260. The molecule has 10 heavy (non-hydrogen) atoms. The third-order valence-electron chi connectivity index (χ3n) is 1.36. The van der Waals surface area contributed by atoms with Crippen LogP contribution in [0.15, 0.2) is 23.1 Å². The Kier molecular flexibility index (Phi) is 1.24. The summed E-state index contributed by atoms with van der Waals surface area (Å²) in [7, 11) is 0. The normalized spacial score (nSPS) is 13.7. The summed E-state index contributed by atoms with van der Waals surface area (Å²) >= 11 is 4.15. The van der Waals surface area contributed by atoms with Crippen LogP contribution in [0.5, 0.6) is 11.5 Å². The molecule has 0 radical (unpaired) electrons. The number of benzene rings is 1. The molecule has 1 aliphatic rings. The fourth-order valence-corrected chi connectivity index (χ4v) is 1.08. The molecule has 0 saturated heterocycles. The zero-order valence-electron chi connectivity index (χ0n) is 5.20. The van der Waals surface area contributed by atoms with E-state index >= 15 is 0 Å². The molecule has 3 heteroatoms. The van der Waals surface area contributed by atoms with E-state index in [0.29, 0.717) is 6.79 Å². The number of rotatable bonds is 0. The lowest BCUT2D eigenvalue weighted by atomic mass is 10.3. The molecule has 1 aromatic rings. The molecule has 0 saturated carbocycles. The van der Waals surface area contributed by atoms with Crippen LogP contribution in [0.25, 0.3) is 0 Å². The van der Waals surface area contributed by atoms with Crippen LogP contribution in [-0.2, 0) is 0 Å². The van der Waals surface area contributed by atoms with Crippen molar-refractivity contribution in [2.75, 3.05) is 6.79 Å². The Hall–Kier alpha value is -0.830. The Morgan fingerprint density at radius 1 is 1.20 bits per heavy atom. The van der Waals surface area contributed by atoms with E-state index in [4.69, 9.17) is 9.47 Å².